The molecule has 0 aliphatic heterocycles. The first-order valence-corrected chi connectivity index (χ1v) is 11.3. The van der Waals surface area contributed by atoms with Gasteiger partial charge in [-0.3, -0.25) is 8.75 Å². The molecule has 0 aliphatic carbocycles. The van der Waals surface area contributed by atoms with Gasteiger partial charge in [0.1, 0.15) is 17.0 Å². The van der Waals surface area contributed by atoms with E-state index in [4.69, 9.17) is 13.4 Å². The molecule has 0 aliphatic rings. The van der Waals surface area contributed by atoms with Crippen molar-refractivity contribution in [3.63, 3.8) is 0 Å². The number of benzene rings is 1. The van der Waals surface area contributed by atoms with Crippen molar-refractivity contribution in [1.82, 2.24) is 0 Å². The Balaban J connectivity index is 3.33. The average Bonchev–Trinajstić information content (AvgIpc) is 2.52. The van der Waals surface area contributed by atoms with Gasteiger partial charge in [0.05, 0.1) is 18.3 Å². The molecule has 1 rings (SSSR count). The molecular weight excluding hydrogens is 396 g/mol. The Morgan fingerprint density at radius 3 is 2.27 bits per heavy atom. The molecule has 1 aromatic carbocycles. The number of hydrogen-bond donors (Lipinski definition) is 0. The predicted octanol–water partition coefficient (Wildman–Crippen LogP) is 4.49. The van der Waals surface area contributed by atoms with Gasteiger partial charge in [-0.2, -0.15) is 21.6 Å². The first-order valence-electron chi connectivity index (χ1n) is 7.85. The Kier molecular flexibility index (Phi) is 7.71. The van der Waals surface area contributed by atoms with E-state index >= 15 is 0 Å². The van der Waals surface area contributed by atoms with E-state index in [1.54, 1.807) is 13.8 Å². The monoisotopic (exact) mass is 418 g/mol. The molecule has 0 N–H and O–H groups in total. The first-order chi connectivity index (χ1) is 11.9. The molecule has 150 valence electrons. The predicted molar refractivity (Wildman–Crippen MR) is 90.1 cm³/mol. The Morgan fingerprint density at radius 1 is 1.19 bits per heavy atom. The zero-order valence-electron chi connectivity index (χ0n) is 14.9. The van der Waals surface area contributed by atoms with Crippen molar-refractivity contribution in [3.05, 3.63) is 23.8 Å². The van der Waals surface area contributed by atoms with E-state index in [0.29, 0.717) is 6.07 Å². The molecule has 0 bridgehead atoms. The van der Waals surface area contributed by atoms with Crippen LogP contribution >= 0.6 is 7.37 Å². The lowest BCUT2D eigenvalue weighted by Crippen LogP contribution is -2.18. The van der Waals surface area contributed by atoms with Gasteiger partial charge in [0.15, 0.2) is 0 Å². The van der Waals surface area contributed by atoms with Gasteiger partial charge in [-0.15, -0.1) is 0 Å². The second kappa shape index (κ2) is 8.73. The molecular formula is C15H22F3O6PS. The van der Waals surface area contributed by atoms with Crippen LogP contribution in [-0.4, -0.2) is 33.6 Å². The largest absolute Gasteiger partial charge is 0.492 e. The van der Waals surface area contributed by atoms with Gasteiger partial charge in [0.2, 0.25) is 7.37 Å². The van der Waals surface area contributed by atoms with Crippen molar-refractivity contribution in [2.45, 2.75) is 44.9 Å². The van der Waals surface area contributed by atoms with E-state index in [9.17, 15) is 26.2 Å². The van der Waals surface area contributed by atoms with E-state index in [1.807, 2.05) is 0 Å². The summed E-state index contributed by atoms with van der Waals surface area (Å²) < 4.78 is 92.1. The van der Waals surface area contributed by atoms with Crippen LogP contribution in [0.3, 0.4) is 0 Å². The molecule has 26 heavy (non-hydrogen) atoms. The van der Waals surface area contributed by atoms with Crippen molar-refractivity contribution in [2.75, 3.05) is 19.1 Å². The Hall–Kier alpha value is -1.09. The summed E-state index contributed by atoms with van der Waals surface area (Å²) in [5.41, 5.74) is -1.42. The highest BCUT2D eigenvalue weighted by Gasteiger charge is 2.40. The highest BCUT2D eigenvalue weighted by atomic mass is 32.2. The van der Waals surface area contributed by atoms with Crippen LogP contribution in [0.1, 0.15) is 33.3 Å². The van der Waals surface area contributed by atoms with E-state index in [1.165, 1.54) is 13.8 Å². The molecule has 6 nitrogen and oxygen atoms in total. The fourth-order valence-corrected chi connectivity index (χ4v) is 5.36. The molecule has 0 fully saturated rings. The maximum atomic E-state index is 13.3. The third-order valence-electron chi connectivity index (χ3n) is 3.12. The van der Waals surface area contributed by atoms with Gasteiger partial charge in [-0.1, -0.05) is 13.0 Å². The van der Waals surface area contributed by atoms with Crippen LogP contribution in [0.2, 0.25) is 0 Å². The van der Waals surface area contributed by atoms with Gasteiger partial charge in [0.25, 0.3) is 0 Å². The van der Waals surface area contributed by atoms with Crippen LogP contribution in [0.5, 0.6) is 5.75 Å². The van der Waals surface area contributed by atoms with Crippen LogP contribution in [-0.2, 0) is 29.6 Å². The van der Waals surface area contributed by atoms with E-state index in [-0.39, 0.29) is 12.8 Å². The lowest BCUT2D eigenvalue weighted by atomic mass is 10.2. The van der Waals surface area contributed by atoms with Crippen LogP contribution < -0.4 is 4.74 Å². The van der Waals surface area contributed by atoms with E-state index in [2.05, 4.69) is 0 Å². The summed E-state index contributed by atoms with van der Waals surface area (Å²) in [5.74, 6) is -0.488. The smallest absolute Gasteiger partial charge is 0.417 e. The maximum absolute atomic E-state index is 13.3. The summed E-state index contributed by atoms with van der Waals surface area (Å²) in [7, 11) is -8.39. The number of hydrogen-bond acceptors (Lipinski definition) is 6. The minimum Gasteiger partial charge on any atom is -0.492 e. The molecule has 1 aromatic rings. The van der Waals surface area contributed by atoms with Gasteiger partial charge >= 0.3 is 16.3 Å². The van der Waals surface area contributed by atoms with E-state index in [0.717, 1.165) is 12.1 Å². The number of alkyl halides is 3. The first kappa shape index (κ1) is 23.0. The summed E-state index contributed by atoms with van der Waals surface area (Å²) in [5, 5.41) is 0. The number of ether oxygens (including phenoxy) is 1. The molecule has 0 aromatic heterocycles. The normalized spacial score (nSPS) is 15.1. The zero-order chi connectivity index (χ0) is 20.2. The van der Waals surface area contributed by atoms with Crippen molar-refractivity contribution in [3.8, 4) is 5.75 Å². The maximum Gasteiger partial charge on any atom is 0.417 e. The van der Waals surface area contributed by atoms with Crippen LogP contribution in [0, 0.1) is 0 Å². The third kappa shape index (κ3) is 5.97. The highest BCUT2D eigenvalue weighted by molar-refractivity contribution is 7.87. The summed E-state index contributed by atoms with van der Waals surface area (Å²) in [6.07, 6.45) is -6.29. The highest BCUT2D eigenvalue weighted by Crippen LogP contribution is 2.49. The fourth-order valence-electron chi connectivity index (χ4n) is 2.06. The van der Waals surface area contributed by atoms with Gasteiger partial charge in [-0.25, -0.2) is 0 Å². The van der Waals surface area contributed by atoms with E-state index < -0.39 is 52.3 Å². The van der Waals surface area contributed by atoms with Crippen LogP contribution in [0.25, 0.3) is 0 Å². The molecule has 1 unspecified atom stereocenters. The van der Waals surface area contributed by atoms with Crippen molar-refractivity contribution >= 4 is 17.5 Å². The number of rotatable bonds is 9. The molecule has 0 saturated carbocycles. The summed E-state index contributed by atoms with van der Waals surface area (Å²) in [6.45, 7) is 6.16. The molecule has 1 atom stereocenters. The van der Waals surface area contributed by atoms with Crippen LogP contribution in [0.15, 0.2) is 23.1 Å². The third-order valence-corrected chi connectivity index (χ3v) is 6.94. The second-order valence-electron chi connectivity index (χ2n) is 5.55. The Labute approximate surface area is 151 Å². The number of halogens is 3. The molecule has 0 heterocycles. The van der Waals surface area contributed by atoms with Crippen LogP contribution in [0.4, 0.5) is 13.2 Å². The SMILES string of the molecule is CCOc1cccc(C(F)(F)F)c1S(=O)(=O)OCP(=O)(CC)OC(C)C. The molecule has 0 spiro atoms. The van der Waals surface area contributed by atoms with Crippen molar-refractivity contribution in [2.24, 2.45) is 0 Å². The lowest BCUT2D eigenvalue weighted by molar-refractivity contribution is -0.140. The van der Waals surface area contributed by atoms with Gasteiger partial charge in [0, 0.05) is 6.16 Å². The van der Waals surface area contributed by atoms with Gasteiger partial charge in [-0.05, 0) is 32.9 Å². The standard InChI is InChI=1S/C15H22F3O6PS/c1-5-22-13-9-7-8-12(15(16,17)18)14(13)26(20,21)23-10-25(19,6-2)24-11(3)4/h7-9,11H,5-6,10H2,1-4H3. The Morgan fingerprint density at radius 2 is 1.81 bits per heavy atom. The molecule has 0 saturated heterocycles. The minimum absolute atomic E-state index is 0.0278. The molecule has 11 heteroatoms. The summed E-state index contributed by atoms with van der Waals surface area (Å²) in [4.78, 5) is -1.14. The van der Waals surface area contributed by atoms with Crippen molar-refractivity contribution < 1.29 is 39.6 Å². The molecule has 0 amide bonds. The lowest BCUT2D eigenvalue weighted by Gasteiger charge is -2.21. The second-order valence-corrected chi connectivity index (χ2v) is 9.83. The zero-order valence-corrected chi connectivity index (χ0v) is 16.6. The summed E-state index contributed by atoms with van der Waals surface area (Å²) in [6, 6.07) is 2.74. The Bertz CT molecular complexity index is 761. The average molecular weight is 418 g/mol. The van der Waals surface area contributed by atoms with Gasteiger partial charge < -0.3 is 9.26 Å². The summed E-state index contributed by atoms with van der Waals surface area (Å²) >= 11 is 0. The molecule has 0 radical (unpaired) electrons. The minimum atomic E-state index is -4.94. The topological polar surface area (TPSA) is 78.9 Å². The van der Waals surface area contributed by atoms with Crippen molar-refractivity contribution in [1.29, 1.82) is 0 Å². The fraction of sp³-hybridized carbons (Fsp3) is 0.600. The quantitative estimate of drug-likeness (QED) is 0.434.